The van der Waals surface area contributed by atoms with Gasteiger partial charge >= 0.3 is 5.97 Å². The Kier molecular flexibility index (Phi) is 7.26. The van der Waals surface area contributed by atoms with E-state index in [4.69, 9.17) is 10.1 Å². The van der Waals surface area contributed by atoms with Crippen LogP contribution in [-0.2, 0) is 9.53 Å². The van der Waals surface area contributed by atoms with Crippen LogP contribution >= 0.6 is 0 Å². The van der Waals surface area contributed by atoms with E-state index >= 15 is 0 Å². The van der Waals surface area contributed by atoms with Crippen molar-refractivity contribution in [2.45, 2.75) is 46.0 Å². The molecule has 0 aromatic rings. The predicted molar refractivity (Wildman–Crippen MR) is 53.1 cm³/mol. The predicted octanol–water partition coefficient (Wildman–Crippen LogP) is 2.54. The number of hydrogen-bond donors (Lipinski definition) is 1. The minimum absolute atomic E-state index is 0.0199. The molecule has 0 fully saturated rings. The van der Waals surface area contributed by atoms with Gasteiger partial charge in [-0.1, -0.05) is 32.6 Å². The number of ether oxygens (including phenoxy) is 1. The number of nitrogens with one attached hydrogen (secondary N) is 1. The molecule has 0 saturated carbocycles. The van der Waals surface area contributed by atoms with Crippen LogP contribution in [0.15, 0.2) is 0 Å². The minimum atomic E-state index is -0.490. The van der Waals surface area contributed by atoms with Crippen LogP contribution in [0.25, 0.3) is 0 Å². The number of esters is 1. The zero-order valence-corrected chi connectivity index (χ0v) is 8.56. The lowest BCUT2D eigenvalue weighted by atomic mass is 10.2. The van der Waals surface area contributed by atoms with Crippen molar-refractivity contribution in [2.24, 2.45) is 0 Å². The fraction of sp³-hybridized carbons (Fsp3) is 0.800. The third kappa shape index (κ3) is 7.50. The number of rotatable bonds is 7. The van der Waals surface area contributed by atoms with Crippen molar-refractivity contribution in [3.63, 3.8) is 0 Å². The van der Waals surface area contributed by atoms with E-state index in [2.05, 4.69) is 6.92 Å². The summed E-state index contributed by atoms with van der Waals surface area (Å²) < 4.78 is 4.82. The Morgan fingerprint density at radius 3 is 2.38 bits per heavy atom. The Labute approximate surface area is 80.0 Å². The van der Waals surface area contributed by atoms with E-state index in [9.17, 15) is 4.79 Å². The van der Waals surface area contributed by atoms with E-state index in [1.807, 2.05) is 0 Å². The normalized spacial score (nSPS) is 9.69. The molecule has 0 unspecified atom stereocenters. The highest BCUT2D eigenvalue weighted by molar-refractivity contribution is 6.33. The van der Waals surface area contributed by atoms with Gasteiger partial charge in [0.15, 0.2) is 0 Å². The van der Waals surface area contributed by atoms with Crippen LogP contribution < -0.4 is 0 Å². The molecule has 3 heteroatoms. The lowest BCUT2D eigenvalue weighted by molar-refractivity contribution is -0.135. The zero-order valence-electron chi connectivity index (χ0n) is 8.56. The highest BCUT2D eigenvalue weighted by Crippen LogP contribution is 2.02. The molecule has 0 aliphatic rings. The van der Waals surface area contributed by atoms with Crippen molar-refractivity contribution in [2.75, 3.05) is 6.61 Å². The van der Waals surface area contributed by atoms with Crippen molar-refractivity contribution < 1.29 is 9.53 Å². The molecule has 0 radical (unpaired) electrons. The molecule has 0 saturated heterocycles. The molecular formula is C10H19NO2. The van der Waals surface area contributed by atoms with Gasteiger partial charge in [-0.15, -0.1) is 0 Å². The molecule has 0 aliphatic carbocycles. The number of unbranched alkanes of at least 4 members (excludes halogenated alkanes) is 4. The first-order chi connectivity index (χ1) is 6.18. The highest BCUT2D eigenvalue weighted by atomic mass is 16.5. The molecule has 13 heavy (non-hydrogen) atoms. The third-order valence-electron chi connectivity index (χ3n) is 1.79. The number of hydrogen-bond acceptors (Lipinski definition) is 3. The van der Waals surface area contributed by atoms with Gasteiger partial charge in [0.25, 0.3) is 0 Å². The molecule has 0 bridgehead atoms. The van der Waals surface area contributed by atoms with E-state index in [0.717, 1.165) is 12.8 Å². The van der Waals surface area contributed by atoms with E-state index in [1.165, 1.54) is 26.2 Å². The molecule has 0 atom stereocenters. The average Bonchev–Trinajstić information content (AvgIpc) is 2.10. The largest absolute Gasteiger partial charge is 0.461 e. The first-order valence-corrected chi connectivity index (χ1v) is 4.90. The highest BCUT2D eigenvalue weighted by Gasteiger charge is 2.03. The summed E-state index contributed by atoms with van der Waals surface area (Å²) in [6.45, 7) is 4.07. The summed E-state index contributed by atoms with van der Waals surface area (Å²) >= 11 is 0. The number of carbonyl (C=O) groups excluding carboxylic acids is 1. The summed E-state index contributed by atoms with van der Waals surface area (Å²) in [6.07, 6.45) is 5.70. The van der Waals surface area contributed by atoms with Crippen LogP contribution in [0.4, 0.5) is 0 Å². The standard InChI is InChI=1S/C10H19NO2/c1-3-4-5-6-7-8-13-10(12)9(2)11/h11H,3-8H2,1-2H3. The molecule has 0 rings (SSSR count). The van der Waals surface area contributed by atoms with Gasteiger partial charge in [-0.3, -0.25) is 5.41 Å². The topological polar surface area (TPSA) is 50.2 Å². The van der Waals surface area contributed by atoms with Gasteiger partial charge in [-0.25, -0.2) is 4.79 Å². The van der Waals surface area contributed by atoms with Gasteiger partial charge in [0, 0.05) is 0 Å². The fourth-order valence-corrected chi connectivity index (χ4v) is 0.979. The van der Waals surface area contributed by atoms with Crippen LogP contribution in [0.5, 0.6) is 0 Å². The van der Waals surface area contributed by atoms with E-state index in [1.54, 1.807) is 0 Å². The first-order valence-electron chi connectivity index (χ1n) is 4.90. The molecule has 1 N–H and O–H groups in total. The zero-order chi connectivity index (χ0) is 10.1. The van der Waals surface area contributed by atoms with Gasteiger partial charge in [-0.05, 0) is 13.3 Å². The lowest BCUT2D eigenvalue weighted by Crippen LogP contribution is -2.13. The van der Waals surface area contributed by atoms with Crippen molar-refractivity contribution >= 4 is 11.7 Å². The second-order valence-electron chi connectivity index (χ2n) is 3.18. The summed E-state index contributed by atoms with van der Waals surface area (Å²) in [7, 11) is 0. The first kappa shape index (κ1) is 12.1. The van der Waals surface area contributed by atoms with Crippen LogP contribution in [0.2, 0.25) is 0 Å². The van der Waals surface area contributed by atoms with Crippen LogP contribution in [-0.4, -0.2) is 18.3 Å². The van der Waals surface area contributed by atoms with Crippen LogP contribution in [0.3, 0.4) is 0 Å². The maximum Gasteiger partial charge on any atom is 0.351 e. The van der Waals surface area contributed by atoms with Crippen molar-refractivity contribution in [1.82, 2.24) is 0 Å². The van der Waals surface area contributed by atoms with E-state index in [-0.39, 0.29) is 5.71 Å². The van der Waals surface area contributed by atoms with Crippen molar-refractivity contribution in [1.29, 1.82) is 5.41 Å². The quantitative estimate of drug-likeness (QED) is 0.376. The summed E-state index contributed by atoms with van der Waals surface area (Å²) in [4.78, 5) is 10.8. The van der Waals surface area contributed by atoms with E-state index < -0.39 is 5.97 Å². The van der Waals surface area contributed by atoms with Gasteiger partial charge in [0.05, 0.1) is 6.61 Å². The minimum Gasteiger partial charge on any atom is -0.461 e. The summed E-state index contributed by atoms with van der Waals surface area (Å²) in [5, 5.41) is 6.97. The molecule has 0 heterocycles. The average molecular weight is 185 g/mol. The third-order valence-corrected chi connectivity index (χ3v) is 1.79. The molecule has 3 nitrogen and oxygen atoms in total. The smallest absolute Gasteiger partial charge is 0.351 e. The Balaban J connectivity index is 3.16. The van der Waals surface area contributed by atoms with Gasteiger partial charge in [0.1, 0.15) is 5.71 Å². The fourth-order valence-electron chi connectivity index (χ4n) is 0.979. The molecule has 0 aliphatic heterocycles. The Morgan fingerprint density at radius 2 is 1.85 bits per heavy atom. The lowest BCUT2D eigenvalue weighted by Gasteiger charge is -2.02. The Bertz CT molecular complexity index is 166. The Hall–Kier alpha value is -0.860. The molecule has 0 aromatic carbocycles. The molecule has 76 valence electrons. The molecular weight excluding hydrogens is 166 g/mol. The summed E-state index contributed by atoms with van der Waals surface area (Å²) in [5.41, 5.74) is -0.0199. The molecule has 0 spiro atoms. The van der Waals surface area contributed by atoms with Crippen molar-refractivity contribution in [3.05, 3.63) is 0 Å². The molecule has 0 amide bonds. The SMILES string of the molecule is CCCCCCCOC(=O)C(C)=N. The Morgan fingerprint density at radius 1 is 1.23 bits per heavy atom. The van der Waals surface area contributed by atoms with Crippen LogP contribution in [0.1, 0.15) is 46.0 Å². The second-order valence-corrected chi connectivity index (χ2v) is 3.18. The van der Waals surface area contributed by atoms with E-state index in [0.29, 0.717) is 6.61 Å². The van der Waals surface area contributed by atoms with Crippen LogP contribution in [0, 0.1) is 5.41 Å². The maximum atomic E-state index is 10.8. The monoisotopic (exact) mass is 185 g/mol. The van der Waals surface area contributed by atoms with Gasteiger partial charge in [0.2, 0.25) is 0 Å². The van der Waals surface area contributed by atoms with Gasteiger partial charge < -0.3 is 4.74 Å². The maximum absolute atomic E-state index is 10.8. The summed E-state index contributed by atoms with van der Waals surface area (Å²) in [6, 6.07) is 0. The number of carbonyl (C=O) groups is 1. The second kappa shape index (κ2) is 7.77. The van der Waals surface area contributed by atoms with Crippen molar-refractivity contribution in [3.8, 4) is 0 Å². The molecule has 0 aromatic heterocycles. The van der Waals surface area contributed by atoms with Gasteiger partial charge in [-0.2, -0.15) is 0 Å². The summed E-state index contributed by atoms with van der Waals surface area (Å²) in [5.74, 6) is -0.490.